The molecule has 2 amide bonds. The van der Waals surface area contributed by atoms with Gasteiger partial charge in [0, 0.05) is 30.1 Å². The Morgan fingerprint density at radius 2 is 2.09 bits per heavy atom. The van der Waals surface area contributed by atoms with Gasteiger partial charge in [-0.15, -0.1) is 11.3 Å². The number of hydrogen-bond acceptors (Lipinski definition) is 3. The van der Waals surface area contributed by atoms with Crippen molar-refractivity contribution in [2.75, 3.05) is 13.6 Å². The summed E-state index contributed by atoms with van der Waals surface area (Å²) < 4.78 is 0. The minimum Gasteiger partial charge on any atom is -0.337 e. The van der Waals surface area contributed by atoms with Crippen molar-refractivity contribution in [2.45, 2.75) is 31.7 Å². The first-order valence-corrected chi connectivity index (χ1v) is 8.36. The van der Waals surface area contributed by atoms with Crippen molar-refractivity contribution < 1.29 is 4.79 Å². The summed E-state index contributed by atoms with van der Waals surface area (Å²) >= 11 is 1.63. The van der Waals surface area contributed by atoms with Gasteiger partial charge in [0.05, 0.1) is 11.6 Å². The quantitative estimate of drug-likeness (QED) is 0.920. The molecule has 1 aromatic carbocycles. The highest BCUT2D eigenvalue weighted by atomic mass is 32.1. The first-order chi connectivity index (χ1) is 10.6. The van der Waals surface area contributed by atoms with Gasteiger partial charge in [0.2, 0.25) is 0 Å². The lowest BCUT2D eigenvalue weighted by atomic mass is 9.96. The van der Waals surface area contributed by atoms with E-state index in [2.05, 4.69) is 34.6 Å². The molecule has 0 saturated heterocycles. The predicted molar refractivity (Wildman–Crippen MR) is 89.1 cm³/mol. The molecule has 1 N–H and O–H groups in total. The molecule has 0 unspecified atom stereocenters. The van der Waals surface area contributed by atoms with E-state index in [0.29, 0.717) is 13.1 Å². The number of thiazole rings is 1. The maximum atomic E-state index is 12.3. The van der Waals surface area contributed by atoms with E-state index in [4.69, 9.17) is 0 Å². The van der Waals surface area contributed by atoms with Crippen molar-refractivity contribution in [3.05, 3.63) is 52.0 Å². The zero-order valence-electron chi connectivity index (χ0n) is 13.0. The SMILES string of the molecule is Cc1ncc(CN(C)C(=O)NCC2(c3ccccc3)CC2)s1. The number of aromatic nitrogens is 1. The van der Waals surface area contributed by atoms with Crippen LogP contribution in [0.2, 0.25) is 0 Å². The standard InChI is InChI=1S/C17H21N3OS/c1-13-18-10-15(22-13)11-20(2)16(21)19-12-17(8-9-17)14-6-4-3-5-7-14/h3-7,10H,8-9,11-12H2,1-2H3,(H,19,21). The summed E-state index contributed by atoms with van der Waals surface area (Å²) in [5, 5.41) is 4.11. The van der Waals surface area contributed by atoms with Crippen molar-refractivity contribution in [1.82, 2.24) is 15.2 Å². The lowest BCUT2D eigenvalue weighted by Gasteiger charge is -2.21. The van der Waals surface area contributed by atoms with Crippen LogP contribution < -0.4 is 5.32 Å². The Balaban J connectivity index is 1.54. The average molecular weight is 315 g/mol. The van der Waals surface area contributed by atoms with Gasteiger partial charge in [-0.25, -0.2) is 9.78 Å². The molecule has 2 aromatic rings. The fraction of sp³-hybridized carbons (Fsp3) is 0.412. The Labute approximate surface area is 135 Å². The zero-order chi connectivity index (χ0) is 15.6. The van der Waals surface area contributed by atoms with Gasteiger partial charge in [0.25, 0.3) is 0 Å². The number of carbonyl (C=O) groups is 1. The van der Waals surface area contributed by atoms with Gasteiger partial charge in [-0.2, -0.15) is 0 Å². The number of rotatable bonds is 5. The number of benzene rings is 1. The Morgan fingerprint density at radius 3 is 2.68 bits per heavy atom. The van der Waals surface area contributed by atoms with Gasteiger partial charge in [-0.1, -0.05) is 30.3 Å². The lowest BCUT2D eigenvalue weighted by Crippen LogP contribution is -2.40. The Hall–Kier alpha value is -1.88. The van der Waals surface area contributed by atoms with Crippen molar-refractivity contribution in [1.29, 1.82) is 0 Å². The van der Waals surface area contributed by atoms with Crippen LogP contribution in [-0.4, -0.2) is 29.5 Å². The van der Waals surface area contributed by atoms with Crippen LogP contribution in [0, 0.1) is 6.92 Å². The van der Waals surface area contributed by atoms with E-state index in [0.717, 1.165) is 22.7 Å². The molecule has 1 aliphatic carbocycles. The van der Waals surface area contributed by atoms with Gasteiger partial charge in [0.1, 0.15) is 0 Å². The number of aryl methyl sites for hydroxylation is 1. The molecule has 22 heavy (non-hydrogen) atoms. The molecule has 1 aliphatic rings. The van der Waals surface area contributed by atoms with Crippen LogP contribution in [0.5, 0.6) is 0 Å². The van der Waals surface area contributed by atoms with Crippen LogP contribution in [0.1, 0.15) is 28.3 Å². The third-order valence-electron chi connectivity index (χ3n) is 4.23. The van der Waals surface area contributed by atoms with Crippen LogP contribution in [-0.2, 0) is 12.0 Å². The molecule has 0 spiro atoms. The molecule has 3 rings (SSSR count). The first kappa shape index (κ1) is 15.0. The van der Waals surface area contributed by atoms with E-state index in [1.54, 1.807) is 16.2 Å². The number of nitrogens with one attached hydrogen (secondary N) is 1. The maximum absolute atomic E-state index is 12.3. The third-order valence-corrected chi connectivity index (χ3v) is 5.12. The minimum absolute atomic E-state index is 0.0201. The molecule has 0 aliphatic heterocycles. The van der Waals surface area contributed by atoms with Gasteiger partial charge < -0.3 is 10.2 Å². The average Bonchev–Trinajstić information content (AvgIpc) is 3.22. The summed E-state index contributed by atoms with van der Waals surface area (Å²) in [5.41, 5.74) is 1.48. The number of nitrogens with zero attached hydrogens (tertiary/aromatic N) is 2. The van der Waals surface area contributed by atoms with E-state index in [1.165, 1.54) is 5.56 Å². The molecule has 1 heterocycles. The summed E-state index contributed by atoms with van der Waals surface area (Å²) in [7, 11) is 1.83. The molecular formula is C17H21N3OS. The molecule has 5 heteroatoms. The van der Waals surface area contributed by atoms with E-state index in [-0.39, 0.29) is 11.4 Å². The highest BCUT2D eigenvalue weighted by molar-refractivity contribution is 7.11. The molecule has 0 atom stereocenters. The van der Waals surface area contributed by atoms with E-state index in [9.17, 15) is 4.79 Å². The largest absolute Gasteiger partial charge is 0.337 e. The van der Waals surface area contributed by atoms with Crippen LogP contribution >= 0.6 is 11.3 Å². The highest BCUT2D eigenvalue weighted by Gasteiger charge is 2.44. The Kier molecular flexibility index (Phi) is 4.16. The summed E-state index contributed by atoms with van der Waals surface area (Å²) in [4.78, 5) is 19.3. The van der Waals surface area contributed by atoms with Gasteiger partial charge in [-0.3, -0.25) is 0 Å². The summed E-state index contributed by atoms with van der Waals surface area (Å²) in [6.45, 7) is 3.29. The smallest absolute Gasteiger partial charge is 0.317 e. The minimum atomic E-state index is -0.0201. The summed E-state index contributed by atoms with van der Waals surface area (Å²) in [6, 6.07) is 10.5. The number of urea groups is 1. The van der Waals surface area contributed by atoms with Crippen molar-refractivity contribution in [3.63, 3.8) is 0 Å². The molecule has 0 bridgehead atoms. The van der Waals surface area contributed by atoms with Crippen LogP contribution in [0.25, 0.3) is 0 Å². The van der Waals surface area contributed by atoms with Crippen LogP contribution in [0.4, 0.5) is 4.79 Å². The third kappa shape index (κ3) is 3.30. The fourth-order valence-corrected chi connectivity index (χ4v) is 3.52. The van der Waals surface area contributed by atoms with Gasteiger partial charge >= 0.3 is 6.03 Å². The molecule has 1 saturated carbocycles. The molecule has 116 valence electrons. The van der Waals surface area contributed by atoms with E-state index in [1.807, 2.05) is 26.2 Å². The summed E-state index contributed by atoms with van der Waals surface area (Å²) in [6.07, 6.45) is 4.14. The second kappa shape index (κ2) is 6.08. The topological polar surface area (TPSA) is 45.2 Å². The molecule has 0 radical (unpaired) electrons. The Morgan fingerprint density at radius 1 is 1.36 bits per heavy atom. The summed E-state index contributed by atoms with van der Waals surface area (Å²) in [5.74, 6) is 0. The molecule has 4 nitrogen and oxygen atoms in total. The molecule has 1 aromatic heterocycles. The lowest BCUT2D eigenvalue weighted by molar-refractivity contribution is 0.206. The van der Waals surface area contributed by atoms with E-state index >= 15 is 0 Å². The van der Waals surface area contributed by atoms with E-state index < -0.39 is 0 Å². The van der Waals surface area contributed by atoms with Crippen LogP contribution in [0.15, 0.2) is 36.5 Å². The molecule has 1 fully saturated rings. The zero-order valence-corrected chi connectivity index (χ0v) is 13.8. The number of amides is 2. The van der Waals surface area contributed by atoms with Crippen molar-refractivity contribution >= 4 is 17.4 Å². The maximum Gasteiger partial charge on any atom is 0.317 e. The normalized spacial score (nSPS) is 15.4. The Bertz CT molecular complexity index is 649. The highest BCUT2D eigenvalue weighted by Crippen LogP contribution is 2.47. The second-order valence-electron chi connectivity index (χ2n) is 6.01. The van der Waals surface area contributed by atoms with Gasteiger partial charge in [-0.05, 0) is 25.3 Å². The number of hydrogen-bond donors (Lipinski definition) is 1. The predicted octanol–water partition coefficient (Wildman–Crippen LogP) is 3.32. The fourth-order valence-electron chi connectivity index (χ4n) is 2.67. The second-order valence-corrected chi connectivity index (χ2v) is 7.33. The monoisotopic (exact) mass is 315 g/mol. The van der Waals surface area contributed by atoms with Gasteiger partial charge in [0.15, 0.2) is 0 Å². The van der Waals surface area contributed by atoms with Crippen molar-refractivity contribution in [3.8, 4) is 0 Å². The van der Waals surface area contributed by atoms with Crippen LogP contribution in [0.3, 0.4) is 0 Å². The first-order valence-electron chi connectivity index (χ1n) is 7.55. The number of carbonyl (C=O) groups excluding carboxylic acids is 1. The molecular weight excluding hydrogens is 294 g/mol. The van der Waals surface area contributed by atoms with Crippen molar-refractivity contribution in [2.24, 2.45) is 0 Å².